The van der Waals surface area contributed by atoms with Gasteiger partial charge in [-0.05, 0) is 36.6 Å². The number of hydrogen-bond acceptors (Lipinski definition) is 4. The molecule has 1 atom stereocenters. The van der Waals surface area contributed by atoms with E-state index in [1.165, 1.54) is 5.56 Å². The average molecular weight is 346 g/mol. The minimum Gasteiger partial charge on any atom is -0.506 e. The second kappa shape index (κ2) is 6.26. The lowest BCUT2D eigenvalue weighted by Gasteiger charge is -2.17. The minimum atomic E-state index is -3.81. The summed E-state index contributed by atoms with van der Waals surface area (Å²) in [4.78, 5) is 10.8. The lowest BCUT2D eigenvalue weighted by Crippen LogP contribution is -2.30. The van der Waals surface area contributed by atoms with E-state index in [1.54, 1.807) is 18.2 Å². The third-order valence-corrected chi connectivity index (χ3v) is 5.48. The molecule has 2 aromatic rings. The van der Waals surface area contributed by atoms with Crippen LogP contribution in [0.2, 0.25) is 0 Å². The molecule has 0 saturated carbocycles. The van der Waals surface area contributed by atoms with Gasteiger partial charge < -0.3 is 9.90 Å². The summed E-state index contributed by atoms with van der Waals surface area (Å²) in [7, 11) is -3.81. The van der Waals surface area contributed by atoms with Crippen LogP contribution < -0.4 is 9.03 Å². The van der Waals surface area contributed by atoms with E-state index in [4.69, 9.17) is 0 Å². The predicted octanol–water partition coefficient (Wildman–Crippen LogP) is 1.51. The fourth-order valence-electron chi connectivity index (χ4n) is 2.70. The molecule has 6 nitrogen and oxygen atoms in total. The summed E-state index contributed by atoms with van der Waals surface area (Å²) in [5.74, 6) is -0.128. The van der Waals surface area contributed by atoms with Gasteiger partial charge in [0.05, 0.1) is 18.3 Å². The second-order valence-electron chi connectivity index (χ2n) is 5.88. The molecule has 0 bridgehead atoms. The first-order valence-electron chi connectivity index (χ1n) is 7.52. The first-order chi connectivity index (χ1) is 11.4. The number of anilines is 1. The van der Waals surface area contributed by atoms with E-state index in [1.807, 2.05) is 31.2 Å². The van der Waals surface area contributed by atoms with Gasteiger partial charge in [0.15, 0.2) is 0 Å². The van der Waals surface area contributed by atoms with Crippen molar-refractivity contribution < 1.29 is 18.3 Å². The zero-order chi connectivity index (χ0) is 17.3. The number of carbonyl (C=O) groups excluding carboxylic acids is 1. The lowest BCUT2D eigenvalue weighted by atomic mass is 10.0. The predicted molar refractivity (Wildman–Crippen MR) is 91.3 cm³/mol. The van der Waals surface area contributed by atoms with Gasteiger partial charge >= 0.3 is 10.2 Å². The monoisotopic (exact) mass is 346 g/mol. The van der Waals surface area contributed by atoms with Crippen LogP contribution in [0.15, 0.2) is 42.5 Å². The Bertz CT molecular complexity index is 863. The largest absolute Gasteiger partial charge is 0.506 e. The number of rotatable bonds is 4. The highest BCUT2D eigenvalue weighted by atomic mass is 32.2. The third kappa shape index (κ3) is 3.27. The zero-order valence-corrected chi connectivity index (χ0v) is 14.0. The molecule has 0 aromatic heterocycles. The quantitative estimate of drug-likeness (QED) is 0.822. The molecule has 0 radical (unpaired) electrons. The van der Waals surface area contributed by atoms with Gasteiger partial charge in [0.1, 0.15) is 12.0 Å². The van der Waals surface area contributed by atoms with Crippen molar-refractivity contribution in [2.45, 2.75) is 19.4 Å². The summed E-state index contributed by atoms with van der Waals surface area (Å²) >= 11 is 0. The average Bonchev–Trinajstić information content (AvgIpc) is 2.85. The molecule has 1 aliphatic heterocycles. The Balaban J connectivity index is 1.85. The first-order valence-corrected chi connectivity index (χ1v) is 8.96. The Labute approximate surface area is 140 Å². The number of phenols is 1. The number of hydrogen-bond donors (Lipinski definition) is 2. The molecule has 1 fully saturated rings. The van der Waals surface area contributed by atoms with Gasteiger partial charge in [0, 0.05) is 0 Å². The van der Waals surface area contributed by atoms with Crippen molar-refractivity contribution in [2.75, 3.05) is 10.8 Å². The molecule has 1 aliphatic rings. The maximum atomic E-state index is 12.0. The van der Waals surface area contributed by atoms with Crippen molar-refractivity contribution in [3.05, 3.63) is 59.2 Å². The Hall–Kier alpha value is -2.38. The molecule has 0 spiro atoms. The highest BCUT2D eigenvalue weighted by Gasteiger charge is 2.36. The summed E-state index contributed by atoms with van der Waals surface area (Å²) in [6, 6.07) is 12.2. The molecule has 1 heterocycles. The molecule has 24 heavy (non-hydrogen) atoms. The number of nitrogens with one attached hydrogen (secondary N) is 1. The summed E-state index contributed by atoms with van der Waals surface area (Å²) < 4.78 is 27.3. The van der Waals surface area contributed by atoms with Crippen molar-refractivity contribution in [3.8, 4) is 5.75 Å². The molecule has 7 heteroatoms. The van der Waals surface area contributed by atoms with Crippen LogP contribution in [-0.2, 0) is 21.4 Å². The molecule has 126 valence electrons. The van der Waals surface area contributed by atoms with E-state index >= 15 is 0 Å². The van der Waals surface area contributed by atoms with Gasteiger partial charge in [-0.2, -0.15) is 13.1 Å². The molecule has 3 rings (SSSR count). The van der Waals surface area contributed by atoms with E-state index in [0.717, 1.165) is 15.4 Å². The number of aryl methyl sites for hydroxylation is 1. The summed E-state index contributed by atoms with van der Waals surface area (Å²) in [5.41, 5.74) is 3.31. The Morgan fingerprint density at radius 3 is 2.46 bits per heavy atom. The van der Waals surface area contributed by atoms with Gasteiger partial charge in [-0.25, -0.2) is 0 Å². The van der Waals surface area contributed by atoms with Crippen molar-refractivity contribution in [1.29, 1.82) is 0 Å². The lowest BCUT2D eigenvalue weighted by molar-refractivity contribution is -0.108. The van der Waals surface area contributed by atoms with Crippen LogP contribution in [-0.4, -0.2) is 32.4 Å². The van der Waals surface area contributed by atoms with Gasteiger partial charge in [-0.1, -0.05) is 35.9 Å². The van der Waals surface area contributed by atoms with Crippen LogP contribution in [0.25, 0.3) is 0 Å². The molecular weight excluding hydrogens is 328 g/mol. The highest BCUT2D eigenvalue weighted by Crippen LogP contribution is 2.32. The standard InChI is InChI=1S/C17H18N2O4S/c1-12-2-4-13(5-3-12)8-14-6-7-16(17(21)9-14)19-10-15(11-20)18-24(19,22)23/h2-7,9,11,15,18,21H,8,10H2,1H3. The van der Waals surface area contributed by atoms with E-state index in [2.05, 4.69) is 4.72 Å². The molecular formula is C17H18N2O4S. The van der Waals surface area contributed by atoms with Crippen molar-refractivity contribution in [3.63, 3.8) is 0 Å². The van der Waals surface area contributed by atoms with Gasteiger partial charge in [0.25, 0.3) is 0 Å². The Kier molecular flexibility index (Phi) is 4.29. The maximum Gasteiger partial charge on any atom is 0.302 e. The van der Waals surface area contributed by atoms with Crippen molar-refractivity contribution in [1.82, 2.24) is 4.72 Å². The molecule has 1 unspecified atom stereocenters. The van der Waals surface area contributed by atoms with Crippen LogP contribution >= 0.6 is 0 Å². The summed E-state index contributed by atoms with van der Waals surface area (Å²) in [6.07, 6.45) is 1.18. The van der Waals surface area contributed by atoms with Crippen LogP contribution in [0.1, 0.15) is 16.7 Å². The van der Waals surface area contributed by atoms with Crippen LogP contribution in [0.4, 0.5) is 5.69 Å². The second-order valence-corrected chi connectivity index (χ2v) is 7.51. The highest BCUT2D eigenvalue weighted by molar-refractivity contribution is 7.91. The van der Waals surface area contributed by atoms with Crippen LogP contribution in [0, 0.1) is 6.92 Å². The Morgan fingerprint density at radius 1 is 1.21 bits per heavy atom. The van der Waals surface area contributed by atoms with Gasteiger partial charge in [-0.3, -0.25) is 4.31 Å². The van der Waals surface area contributed by atoms with Gasteiger partial charge in [-0.15, -0.1) is 0 Å². The van der Waals surface area contributed by atoms with E-state index in [0.29, 0.717) is 12.7 Å². The van der Waals surface area contributed by atoms with Crippen molar-refractivity contribution in [2.24, 2.45) is 0 Å². The van der Waals surface area contributed by atoms with Crippen LogP contribution in [0.5, 0.6) is 5.75 Å². The molecule has 2 aromatic carbocycles. The molecule has 0 amide bonds. The molecule has 1 saturated heterocycles. The SMILES string of the molecule is Cc1ccc(Cc2ccc(N3CC(C=O)NS3(=O)=O)c(O)c2)cc1. The zero-order valence-electron chi connectivity index (χ0n) is 13.1. The minimum absolute atomic E-state index is 0.0310. The topological polar surface area (TPSA) is 86.7 Å². The smallest absolute Gasteiger partial charge is 0.302 e. The van der Waals surface area contributed by atoms with E-state index < -0.39 is 16.3 Å². The number of aldehydes is 1. The number of nitrogens with zero attached hydrogens (tertiary/aromatic N) is 1. The number of phenolic OH excluding ortho intramolecular Hbond substituents is 1. The number of aromatic hydroxyl groups is 1. The molecule has 2 N–H and O–H groups in total. The number of benzene rings is 2. The summed E-state index contributed by atoms with van der Waals surface area (Å²) in [6.45, 7) is 1.98. The first kappa shape index (κ1) is 16.5. The van der Waals surface area contributed by atoms with Crippen molar-refractivity contribution >= 4 is 22.2 Å². The fourth-order valence-corrected chi connectivity index (χ4v) is 4.11. The number of carbonyl (C=O) groups is 1. The van der Waals surface area contributed by atoms with E-state index in [-0.39, 0.29) is 18.0 Å². The van der Waals surface area contributed by atoms with E-state index in [9.17, 15) is 18.3 Å². The fraction of sp³-hybridized carbons (Fsp3) is 0.235. The normalized spacial score (nSPS) is 19.4. The van der Waals surface area contributed by atoms with Gasteiger partial charge in [0.2, 0.25) is 0 Å². The maximum absolute atomic E-state index is 12.0. The summed E-state index contributed by atoms with van der Waals surface area (Å²) in [5, 5.41) is 10.2. The molecule has 0 aliphatic carbocycles. The Morgan fingerprint density at radius 2 is 1.88 bits per heavy atom. The van der Waals surface area contributed by atoms with Crippen LogP contribution in [0.3, 0.4) is 0 Å². The third-order valence-electron chi connectivity index (χ3n) is 3.95.